The summed E-state index contributed by atoms with van der Waals surface area (Å²) in [6.07, 6.45) is 4.19. The molecule has 1 N–H and O–H groups in total. The summed E-state index contributed by atoms with van der Waals surface area (Å²) in [5.41, 5.74) is 0.627. The molecule has 1 aliphatic heterocycles. The molecule has 2 aliphatic rings. The number of hydrogen-bond donors (Lipinski definition) is 1. The van der Waals surface area contributed by atoms with Gasteiger partial charge in [-0.15, -0.1) is 0 Å². The lowest BCUT2D eigenvalue weighted by Crippen LogP contribution is -2.44. The molecule has 1 saturated carbocycles. The van der Waals surface area contributed by atoms with Crippen molar-refractivity contribution in [2.24, 2.45) is 5.92 Å². The third kappa shape index (κ3) is 3.28. The molecular formula is C15H19ClFNO. The Bertz CT molecular complexity index is 430. The molecule has 1 heterocycles. The number of benzene rings is 1. The summed E-state index contributed by atoms with van der Waals surface area (Å²) in [5.74, 6) is 0.104. The Kier molecular flexibility index (Phi) is 4.06. The van der Waals surface area contributed by atoms with Gasteiger partial charge in [-0.25, -0.2) is 4.39 Å². The Labute approximate surface area is 118 Å². The monoisotopic (exact) mass is 283 g/mol. The van der Waals surface area contributed by atoms with Crippen LogP contribution in [0.15, 0.2) is 18.2 Å². The molecule has 1 aromatic carbocycles. The molecule has 1 aromatic rings. The fourth-order valence-corrected chi connectivity index (χ4v) is 3.00. The lowest BCUT2D eigenvalue weighted by Gasteiger charge is -2.32. The van der Waals surface area contributed by atoms with Crippen molar-refractivity contribution in [2.45, 2.75) is 37.8 Å². The highest BCUT2D eigenvalue weighted by Crippen LogP contribution is 2.28. The van der Waals surface area contributed by atoms with Crippen LogP contribution < -0.4 is 5.32 Å². The quantitative estimate of drug-likeness (QED) is 0.916. The van der Waals surface area contributed by atoms with E-state index in [2.05, 4.69) is 5.32 Å². The van der Waals surface area contributed by atoms with E-state index >= 15 is 0 Å². The Hall–Kier alpha value is -0.640. The molecule has 0 aromatic heterocycles. The van der Waals surface area contributed by atoms with E-state index < -0.39 is 0 Å². The van der Waals surface area contributed by atoms with Crippen LogP contribution >= 0.6 is 11.6 Å². The zero-order chi connectivity index (χ0) is 13.2. The number of halogens is 2. The Morgan fingerprint density at radius 2 is 2.16 bits per heavy atom. The van der Waals surface area contributed by atoms with E-state index in [1.807, 2.05) is 0 Å². The fourth-order valence-electron chi connectivity index (χ4n) is 2.76. The minimum atomic E-state index is -0.205. The Morgan fingerprint density at radius 1 is 1.32 bits per heavy atom. The van der Waals surface area contributed by atoms with E-state index in [0.29, 0.717) is 41.6 Å². The predicted molar refractivity (Wildman–Crippen MR) is 74.0 cm³/mol. The van der Waals surface area contributed by atoms with Gasteiger partial charge in [-0.2, -0.15) is 0 Å². The van der Waals surface area contributed by atoms with Gasteiger partial charge in [0.2, 0.25) is 0 Å². The summed E-state index contributed by atoms with van der Waals surface area (Å²) in [7, 11) is 0. The van der Waals surface area contributed by atoms with E-state index in [-0.39, 0.29) is 5.82 Å². The molecule has 4 heteroatoms. The van der Waals surface area contributed by atoms with Crippen LogP contribution in [0.5, 0.6) is 0 Å². The van der Waals surface area contributed by atoms with E-state index in [9.17, 15) is 4.39 Å². The van der Waals surface area contributed by atoms with Crippen molar-refractivity contribution in [3.8, 4) is 0 Å². The highest BCUT2D eigenvalue weighted by atomic mass is 35.5. The van der Waals surface area contributed by atoms with Crippen LogP contribution in [0.1, 0.15) is 24.8 Å². The second-order valence-corrected chi connectivity index (χ2v) is 5.98. The minimum Gasteiger partial charge on any atom is -0.381 e. The average Bonchev–Trinajstić information content (AvgIpc) is 3.20. The number of hydrogen-bond acceptors (Lipinski definition) is 2. The Balaban J connectivity index is 1.71. The van der Waals surface area contributed by atoms with Crippen molar-refractivity contribution in [3.63, 3.8) is 0 Å². The van der Waals surface area contributed by atoms with Gasteiger partial charge in [0.1, 0.15) is 5.82 Å². The normalized spacial score (nSPS) is 27.5. The SMILES string of the molecule is Fc1cccc(Cl)c1C[C@H]1COCC[C@H]1NC1CC1. The maximum Gasteiger partial charge on any atom is 0.127 e. The molecule has 104 valence electrons. The second-order valence-electron chi connectivity index (χ2n) is 5.58. The van der Waals surface area contributed by atoms with Crippen LogP contribution in [0.3, 0.4) is 0 Å². The third-order valence-corrected chi connectivity index (χ3v) is 4.38. The number of nitrogens with one attached hydrogen (secondary N) is 1. The highest BCUT2D eigenvalue weighted by Gasteiger charge is 2.32. The van der Waals surface area contributed by atoms with Crippen molar-refractivity contribution in [3.05, 3.63) is 34.6 Å². The first-order valence-electron chi connectivity index (χ1n) is 7.00. The second kappa shape index (κ2) is 5.78. The molecule has 0 spiro atoms. The van der Waals surface area contributed by atoms with Crippen molar-refractivity contribution in [1.29, 1.82) is 0 Å². The van der Waals surface area contributed by atoms with Gasteiger partial charge in [-0.1, -0.05) is 17.7 Å². The zero-order valence-electron chi connectivity index (χ0n) is 10.9. The van der Waals surface area contributed by atoms with Crippen LogP contribution in [0.25, 0.3) is 0 Å². The molecule has 0 unspecified atom stereocenters. The van der Waals surface area contributed by atoms with E-state index in [1.54, 1.807) is 12.1 Å². The van der Waals surface area contributed by atoms with Crippen molar-refractivity contribution in [2.75, 3.05) is 13.2 Å². The molecule has 2 atom stereocenters. The molecule has 2 fully saturated rings. The molecule has 0 amide bonds. The van der Waals surface area contributed by atoms with Crippen LogP contribution in [-0.4, -0.2) is 25.3 Å². The first kappa shape index (κ1) is 13.3. The highest BCUT2D eigenvalue weighted by molar-refractivity contribution is 6.31. The van der Waals surface area contributed by atoms with E-state index in [0.717, 1.165) is 13.0 Å². The summed E-state index contributed by atoms with van der Waals surface area (Å²) in [5, 5.41) is 4.18. The number of ether oxygens (including phenoxy) is 1. The van der Waals surface area contributed by atoms with Crippen molar-refractivity contribution >= 4 is 11.6 Å². The molecule has 1 saturated heterocycles. The van der Waals surface area contributed by atoms with Gasteiger partial charge in [0.25, 0.3) is 0 Å². The van der Waals surface area contributed by atoms with Crippen molar-refractivity contribution in [1.82, 2.24) is 5.32 Å². The van der Waals surface area contributed by atoms with Gasteiger partial charge in [0.05, 0.1) is 6.61 Å². The third-order valence-electron chi connectivity index (χ3n) is 4.03. The standard InChI is InChI=1S/C15H19ClFNO/c16-13-2-1-3-14(17)12(13)8-10-9-19-7-6-15(10)18-11-4-5-11/h1-3,10-11,15,18H,4-9H2/t10-,15+/m0/s1. The maximum atomic E-state index is 13.9. The molecule has 0 bridgehead atoms. The predicted octanol–water partition coefficient (Wildman–Crippen LogP) is 3.18. The number of rotatable bonds is 4. The summed E-state index contributed by atoms with van der Waals surface area (Å²) in [6.45, 7) is 1.49. The van der Waals surface area contributed by atoms with Crippen LogP contribution in [0, 0.1) is 11.7 Å². The van der Waals surface area contributed by atoms with Gasteiger partial charge in [0, 0.05) is 35.2 Å². The fraction of sp³-hybridized carbons (Fsp3) is 0.600. The maximum absolute atomic E-state index is 13.9. The minimum absolute atomic E-state index is 0.205. The molecule has 3 rings (SSSR count). The summed E-state index contributed by atoms with van der Waals surface area (Å²) in [4.78, 5) is 0. The zero-order valence-corrected chi connectivity index (χ0v) is 11.6. The molecular weight excluding hydrogens is 265 g/mol. The summed E-state index contributed by atoms with van der Waals surface area (Å²) in [6, 6.07) is 5.98. The first-order valence-corrected chi connectivity index (χ1v) is 7.38. The summed E-state index contributed by atoms with van der Waals surface area (Å²) < 4.78 is 19.4. The molecule has 0 radical (unpaired) electrons. The summed E-state index contributed by atoms with van der Waals surface area (Å²) >= 11 is 6.11. The van der Waals surface area contributed by atoms with Crippen LogP contribution in [0.2, 0.25) is 5.02 Å². The van der Waals surface area contributed by atoms with Gasteiger partial charge in [0.15, 0.2) is 0 Å². The van der Waals surface area contributed by atoms with E-state index in [4.69, 9.17) is 16.3 Å². The van der Waals surface area contributed by atoms with E-state index in [1.165, 1.54) is 18.9 Å². The molecule has 1 aliphatic carbocycles. The van der Waals surface area contributed by atoms with Gasteiger partial charge >= 0.3 is 0 Å². The topological polar surface area (TPSA) is 21.3 Å². The van der Waals surface area contributed by atoms with Gasteiger partial charge < -0.3 is 10.1 Å². The van der Waals surface area contributed by atoms with Crippen LogP contribution in [-0.2, 0) is 11.2 Å². The average molecular weight is 284 g/mol. The van der Waals surface area contributed by atoms with Crippen LogP contribution in [0.4, 0.5) is 4.39 Å². The largest absolute Gasteiger partial charge is 0.381 e. The Morgan fingerprint density at radius 3 is 2.89 bits per heavy atom. The van der Waals surface area contributed by atoms with Crippen molar-refractivity contribution < 1.29 is 9.13 Å². The van der Waals surface area contributed by atoms with Gasteiger partial charge in [-0.3, -0.25) is 0 Å². The lowest BCUT2D eigenvalue weighted by atomic mass is 9.89. The first-order chi connectivity index (χ1) is 9.24. The molecule has 2 nitrogen and oxygen atoms in total. The lowest BCUT2D eigenvalue weighted by molar-refractivity contribution is 0.0314. The smallest absolute Gasteiger partial charge is 0.127 e. The van der Waals surface area contributed by atoms with Gasteiger partial charge in [-0.05, 0) is 37.8 Å². The molecule has 19 heavy (non-hydrogen) atoms.